The van der Waals surface area contributed by atoms with Crippen LogP contribution >= 0.6 is 0 Å². The van der Waals surface area contributed by atoms with Crippen LogP contribution in [0.2, 0.25) is 0 Å². The zero-order valence-electron chi connectivity index (χ0n) is 8.74. The lowest BCUT2D eigenvalue weighted by Crippen LogP contribution is -2.40. The fraction of sp³-hybridized carbons (Fsp3) is 0.818. The summed E-state index contributed by atoms with van der Waals surface area (Å²) in [5.41, 5.74) is 0. The van der Waals surface area contributed by atoms with Crippen LogP contribution in [-0.4, -0.2) is 23.0 Å². The lowest BCUT2D eigenvalue weighted by Gasteiger charge is -2.26. The van der Waals surface area contributed by atoms with Crippen molar-refractivity contribution < 1.29 is 14.7 Å². The predicted octanol–water partition coefficient (Wildman–Crippen LogP) is 1.16. The van der Waals surface area contributed by atoms with Gasteiger partial charge in [-0.2, -0.15) is 0 Å². The second kappa shape index (κ2) is 4.21. The number of carbonyl (C=O) groups is 2. The average molecular weight is 211 g/mol. The van der Waals surface area contributed by atoms with E-state index in [4.69, 9.17) is 5.11 Å². The van der Waals surface area contributed by atoms with Crippen molar-refractivity contribution >= 4 is 11.9 Å². The fourth-order valence-electron chi connectivity index (χ4n) is 2.33. The van der Waals surface area contributed by atoms with Gasteiger partial charge < -0.3 is 10.4 Å². The molecule has 0 heterocycles. The van der Waals surface area contributed by atoms with Crippen molar-refractivity contribution in [1.82, 2.24) is 5.32 Å². The molecule has 1 amide bonds. The summed E-state index contributed by atoms with van der Waals surface area (Å²) in [5.74, 6) is -0.641. The van der Waals surface area contributed by atoms with Crippen molar-refractivity contribution in [1.29, 1.82) is 0 Å². The molecule has 0 bridgehead atoms. The highest BCUT2D eigenvalue weighted by Crippen LogP contribution is 2.29. The van der Waals surface area contributed by atoms with Crippen LogP contribution in [0.1, 0.15) is 38.5 Å². The zero-order chi connectivity index (χ0) is 10.8. The Bertz CT molecular complexity index is 273. The first-order valence-corrected chi connectivity index (χ1v) is 5.70. The first kappa shape index (κ1) is 10.5. The standard InChI is InChI=1S/C11H17NO3/c13-10(7-2-1-3-7)12-9-5-4-8(6-9)11(14)15/h7-9H,1-6H2,(H,12,13)(H,14,15). The zero-order valence-corrected chi connectivity index (χ0v) is 8.74. The molecule has 2 aliphatic carbocycles. The summed E-state index contributed by atoms with van der Waals surface area (Å²) in [6, 6.07) is 0.0965. The van der Waals surface area contributed by atoms with E-state index < -0.39 is 5.97 Å². The lowest BCUT2D eigenvalue weighted by atomic mass is 9.84. The second-order valence-electron chi connectivity index (χ2n) is 4.68. The maximum Gasteiger partial charge on any atom is 0.306 e. The molecule has 2 fully saturated rings. The van der Waals surface area contributed by atoms with E-state index in [9.17, 15) is 9.59 Å². The van der Waals surface area contributed by atoms with Crippen molar-refractivity contribution in [3.05, 3.63) is 0 Å². The fourth-order valence-corrected chi connectivity index (χ4v) is 2.33. The van der Waals surface area contributed by atoms with Gasteiger partial charge in [0.15, 0.2) is 0 Å². The van der Waals surface area contributed by atoms with Gasteiger partial charge in [-0.1, -0.05) is 6.42 Å². The smallest absolute Gasteiger partial charge is 0.306 e. The summed E-state index contributed by atoms with van der Waals surface area (Å²) in [4.78, 5) is 22.3. The van der Waals surface area contributed by atoms with E-state index in [1.807, 2.05) is 0 Å². The maximum absolute atomic E-state index is 11.6. The van der Waals surface area contributed by atoms with Gasteiger partial charge in [-0.15, -0.1) is 0 Å². The number of rotatable bonds is 3. The Morgan fingerprint density at radius 1 is 1.07 bits per heavy atom. The Balaban J connectivity index is 1.76. The molecule has 0 aromatic heterocycles. The number of amides is 1. The van der Waals surface area contributed by atoms with E-state index in [0.717, 1.165) is 25.7 Å². The van der Waals surface area contributed by atoms with Crippen molar-refractivity contribution in [2.45, 2.75) is 44.6 Å². The van der Waals surface area contributed by atoms with Crippen LogP contribution in [0, 0.1) is 11.8 Å². The Kier molecular flexibility index (Phi) is 2.93. The van der Waals surface area contributed by atoms with E-state index in [0.29, 0.717) is 12.8 Å². The van der Waals surface area contributed by atoms with Crippen molar-refractivity contribution in [2.24, 2.45) is 11.8 Å². The topological polar surface area (TPSA) is 66.4 Å². The van der Waals surface area contributed by atoms with Gasteiger partial charge >= 0.3 is 5.97 Å². The molecule has 0 aromatic carbocycles. The third-order valence-corrected chi connectivity index (χ3v) is 3.60. The highest BCUT2D eigenvalue weighted by atomic mass is 16.4. The largest absolute Gasteiger partial charge is 0.481 e. The summed E-state index contributed by atoms with van der Waals surface area (Å²) in [6.45, 7) is 0. The van der Waals surface area contributed by atoms with Crippen LogP contribution in [0.4, 0.5) is 0 Å². The lowest BCUT2D eigenvalue weighted by molar-refractivity contribution is -0.141. The summed E-state index contributed by atoms with van der Waals surface area (Å²) in [5, 5.41) is 11.8. The van der Waals surface area contributed by atoms with Crippen LogP contribution in [0.3, 0.4) is 0 Å². The number of nitrogens with one attached hydrogen (secondary N) is 1. The molecule has 2 atom stereocenters. The summed E-state index contributed by atoms with van der Waals surface area (Å²) < 4.78 is 0. The molecule has 15 heavy (non-hydrogen) atoms. The van der Waals surface area contributed by atoms with Crippen LogP contribution < -0.4 is 5.32 Å². The summed E-state index contributed by atoms with van der Waals surface area (Å²) in [6.07, 6.45) is 5.27. The Hall–Kier alpha value is -1.06. The Morgan fingerprint density at radius 3 is 2.27 bits per heavy atom. The van der Waals surface area contributed by atoms with Crippen LogP contribution in [0.15, 0.2) is 0 Å². The molecule has 0 aromatic rings. The van der Waals surface area contributed by atoms with Gasteiger partial charge in [0.25, 0.3) is 0 Å². The maximum atomic E-state index is 11.6. The molecule has 4 nitrogen and oxygen atoms in total. The predicted molar refractivity (Wildman–Crippen MR) is 54.2 cm³/mol. The van der Waals surface area contributed by atoms with Gasteiger partial charge in [0.1, 0.15) is 0 Å². The molecule has 0 saturated heterocycles. The molecule has 2 N–H and O–H groups in total. The molecule has 2 saturated carbocycles. The molecule has 84 valence electrons. The van der Waals surface area contributed by atoms with E-state index >= 15 is 0 Å². The van der Waals surface area contributed by atoms with Crippen LogP contribution in [0.25, 0.3) is 0 Å². The quantitative estimate of drug-likeness (QED) is 0.736. The minimum atomic E-state index is -0.726. The highest BCUT2D eigenvalue weighted by Gasteiger charge is 2.33. The highest BCUT2D eigenvalue weighted by molar-refractivity contribution is 5.80. The third-order valence-electron chi connectivity index (χ3n) is 3.60. The number of aliphatic carboxylic acids is 1. The van der Waals surface area contributed by atoms with Crippen molar-refractivity contribution in [2.75, 3.05) is 0 Å². The molecule has 2 rings (SSSR count). The number of carboxylic acid groups (broad SMARTS) is 1. The summed E-state index contributed by atoms with van der Waals surface area (Å²) >= 11 is 0. The van der Waals surface area contributed by atoms with Gasteiger partial charge in [-0.25, -0.2) is 0 Å². The van der Waals surface area contributed by atoms with Crippen LogP contribution in [-0.2, 0) is 9.59 Å². The minimum Gasteiger partial charge on any atom is -0.481 e. The van der Waals surface area contributed by atoms with Crippen molar-refractivity contribution in [3.63, 3.8) is 0 Å². The molecule has 0 radical (unpaired) electrons. The first-order chi connectivity index (χ1) is 7.16. The molecular weight excluding hydrogens is 194 g/mol. The third kappa shape index (κ3) is 2.30. The van der Waals surface area contributed by atoms with Gasteiger partial charge in [-0.3, -0.25) is 9.59 Å². The van der Waals surface area contributed by atoms with E-state index in [2.05, 4.69) is 5.32 Å². The summed E-state index contributed by atoms with van der Waals surface area (Å²) in [7, 11) is 0. The molecule has 0 aliphatic heterocycles. The average Bonchev–Trinajstić information content (AvgIpc) is 2.48. The van der Waals surface area contributed by atoms with E-state index in [-0.39, 0.29) is 23.8 Å². The Labute approximate surface area is 89.0 Å². The molecular formula is C11H17NO3. The number of hydrogen-bond acceptors (Lipinski definition) is 2. The van der Waals surface area contributed by atoms with Gasteiger partial charge in [0, 0.05) is 12.0 Å². The monoisotopic (exact) mass is 211 g/mol. The van der Waals surface area contributed by atoms with Crippen molar-refractivity contribution in [3.8, 4) is 0 Å². The number of carbonyl (C=O) groups excluding carboxylic acids is 1. The molecule has 2 aliphatic rings. The minimum absolute atomic E-state index is 0.0965. The second-order valence-corrected chi connectivity index (χ2v) is 4.68. The van der Waals surface area contributed by atoms with Crippen LogP contribution in [0.5, 0.6) is 0 Å². The molecule has 2 unspecified atom stereocenters. The first-order valence-electron chi connectivity index (χ1n) is 5.70. The SMILES string of the molecule is O=C(O)C1CCC(NC(=O)C2CCC2)C1. The van der Waals surface area contributed by atoms with E-state index in [1.54, 1.807) is 0 Å². The van der Waals surface area contributed by atoms with Gasteiger partial charge in [0.2, 0.25) is 5.91 Å². The van der Waals surface area contributed by atoms with Gasteiger partial charge in [0.05, 0.1) is 5.92 Å². The van der Waals surface area contributed by atoms with Gasteiger partial charge in [-0.05, 0) is 32.1 Å². The van der Waals surface area contributed by atoms with E-state index in [1.165, 1.54) is 0 Å². The molecule has 0 spiro atoms. The molecule has 4 heteroatoms. The Morgan fingerprint density at radius 2 is 1.80 bits per heavy atom. The number of carboxylic acids is 1. The normalized spacial score (nSPS) is 30.9. The number of hydrogen-bond donors (Lipinski definition) is 2.